The number of benzene rings is 1. The number of aromatic nitrogens is 1. The minimum Gasteiger partial charge on any atom is -0.481 e. The van der Waals surface area contributed by atoms with Crippen LogP contribution in [0.2, 0.25) is 5.02 Å². The molecule has 0 aliphatic rings. The van der Waals surface area contributed by atoms with E-state index in [4.69, 9.17) is 16.3 Å². The highest BCUT2D eigenvalue weighted by Crippen LogP contribution is 2.24. The molecule has 0 aliphatic carbocycles. The topological polar surface area (TPSA) is 80.3 Å². The fourth-order valence-electron chi connectivity index (χ4n) is 2.18. The van der Waals surface area contributed by atoms with Crippen molar-refractivity contribution in [3.05, 3.63) is 69.5 Å². The number of ether oxygens (including phenoxy) is 1. The molecule has 1 aromatic carbocycles. The van der Waals surface area contributed by atoms with E-state index in [1.165, 1.54) is 30.7 Å². The van der Waals surface area contributed by atoms with E-state index in [1.54, 1.807) is 41.8 Å². The maximum Gasteiger partial charge on any atom is 0.265 e. The summed E-state index contributed by atoms with van der Waals surface area (Å²) in [5.41, 5.74) is 1.12. The van der Waals surface area contributed by atoms with Gasteiger partial charge < -0.3 is 15.4 Å². The van der Waals surface area contributed by atoms with Gasteiger partial charge in [0.2, 0.25) is 5.88 Å². The van der Waals surface area contributed by atoms with E-state index in [2.05, 4.69) is 15.6 Å². The van der Waals surface area contributed by atoms with Crippen LogP contribution in [0.1, 0.15) is 20.0 Å². The molecule has 0 saturated heterocycles. The van der Waals surface area contributed by atoms with E-state index in [9.17, 15) is 9.59 Å². The van der Waals surface area contributed by atoms with Crippen LogP contribution in [-0.4, -0.2) is 23.9 Å². The van der Waals surface area contributed by atoms with Gasteiger partial charge in [0.25, 0.3) is 11.8 Å². The van der Waals surface area contributed by atoms with E-state index in [1.807, 2.05) is 0 Å². The van der Waals surface area contributed by atoms with E-state index < -0.39 is 5.91 Å². The fraction of sp³-hybridized carbons (Fsp3) is 0.0556. The first-order valence-corrected chi connectivity index (χ1v) is 8.78. The molecule has 2 aromatic heterocycles. The quantitative estimate of drug-likeness (QED) is 0.683. The molecule has 3 aromatic rings. The molecule has 2 heterocycles. The molecule has 0 spiro atoms. The van der Waals surface area contributed by atoms with Crippen molar-refractivity contribution in [2.45, 2.75) is 0 Å². The molecule has 0 atom stereocenters. The van der Waals surface area contributed by atoms with Gasteiger partial charge in [0.05, 0.1) is 35.1 Å². The normalized spacial score (nSPS) is 10.2. The monoisotopic (exact) mass is 387 g/mol. The number of carbonyl (C=O) groups excluding carboxylic acids is 2. The van der Waals surface area contributed by atoms with Gasteiger partial charge in [0.15, 0.2) is 0 Å². The Morgan fingerprint density at radius 2 is 1.96 bits per heavy atom. The molecule has 8 heteroatoms. The van der Waals surface area contributed by atoms with E-state index in [0.29, 0.717) is 27.2 Å². The molecule has 26 heavy (non-hydrogen) atoms. The average molecular weight is 388 g/mol. The highest BCUT2D eigenvalue weighted by atomic mass is 35.5. The van der Waals surface area contributed by atoms with Gasteiger partial charge in [-0.3, -0.25) is 9.59 Å². The Balaban J connectivity index is 1.81. The van der Waals surface area contributed by atoms with Crippen molar-refractivity contribution < 1.29 is 14.3 Å². The van der Waals surface area contributed by atoms with Gasteiger partial charge in [-0.05, 0) is 35.7 Å². The van der Waals surface area contributed by atoms with E-state index in [0.717, 1.165) is 0 Å². The van der Waals surface area contributed by atoms with Crippen LogP contribution in [0.15, 0.2) is 54.0 Å². The summed E-state index contributed by atoms with van der Waals surface area (Å²) in [6.07, 6.45) is 1.48. The Labute approximate surface area is 158 Å². The smallest absolute Gasteiger partial charge is 0.265 e. The summed E-state index contributed by atoms with van der Waals surface area (Å²) in [6.45, 7) is 0. The predicted octanol–water partition coefficient (Wildman–Crippen LogP) is 4.31. The number of nitrogens with zero attached hydrogens (tertiary/aromatic N) is 1. The first-order chi connectivity index (χ1) is 12.6. The standard InChI is InChI=1S/C18H14ClN3O3S/c1-25-16-7-5-12(10-20-16)21-17(23)13-6-4-11(19)9-14(13)22-18(24)15-3-2-8-26-15/h2-10H,1H3,(H,21,23)(H,22,24). The lowest BCUT2D eigenvalue weighted by Crippen LogP contribution is -2.18. The summed E-state index contributed by atoms with van der Waals surface area (Å²) in [5, 5.41) is 7.67. The zero-order valence-corrected chi connectivity index (χ0v) is 15.2. The first kappa shape index (κ1) is 17.9. The zero-order chi connectivity index (χ0) is 18.5. The molecular weight excluding hydrogens is 374 g/mol. The van der Waals surface area contributed by atoms with Crippen LogP contribution in [0.3, 0.4) is 0 Å². The van der Waals surface area contributed by atoms with Gasteiger partial charge >= 0.3 is 0 Å². The van der Waals surface area contributed by atoms with Crippen LogP contribution in [0.4, 0.5) is 11.4 Å². The van der Waals surface area contributed by atoms with Gasteiger partial charge in [-0.2, -0.15) is 0 Å². The third-order valence-electron chi connectivity index (χ3n) is 3.42. The summed E-state index contributed by atoms with van der Waals surface area (Å²) in [4.78, 5) is 29.5. The third-order valence-corrected chi connectivity index (χ3v) is 4.53. The largest absolute Gasteiger partial charge is 0.481 e. The number of hydrogen-bond donors (Lipinski definition) is 2. The van der Waals surface area contributed by atoms with Crippen molar-refractivity contribution in [3.63, 3.8) is 0 Å². The number of pyridine rings is 1. The molecule has 0 fully saturated rings. The molecule has 0 aliphatic heterocycles. The minimum atomic E-state index is -0.393. The minimum absolute atomic E-state index is 0.287. The van der Waals surface area contributed by atoms with E-state index in [-0.39, 0.29) is 11.5 Å². The van der Waals surface area contributed by atoms with Crippen LogP contribution >= 0.6 is 22.9 Å². The highest BCUT2D eigenvalue weighted by molar-refractivity contribution is 7.12. The van der Waals surface area contributed by atoms with Crippen molar-refractivity contribution in [1.29, 1.82) is 0 Å². The number of hydrogen-bond acceptors (Lipinski definition) is 5. The summed E-state index contributed by atoms with van der Waals surface area (Å²) in [6, 6.07) is 11.5. The number of halogens is 1. The summed E-state index contributed by atoms with van der Waals surface area (Å²) < 4.78 is 4.99. The highest BCUT2D eigenvalue weighted by Gasteiger charge is 2.16. The number of thiophene rings is 1. The number of nitrogens with one attached hydrogen (secondary N) is 2. The Bertz CT molecular complexity index is 927. The number of anilines is 2. The zero-order valence-electron chi connectivity index (χ0n) is 13.7. The Hall–Kier alpha value is -2.90. The second kappa shape index (κ2) is 7.99. The summed E-state index contributed by atoms with van der Waals surface area (Å²) in [5.74, 6) is -0.254. The Morgan fingerprint density at radius 3 is 2.62 bits per heavy atom. The van der Waals surface area contributed by atoms with E-state index >= 15 is 0 Å². The molecule has 2 amide bonds. The third kappa shape index (κ3) is 4.19. The van der Waals surface area contributed by atoms with Crippen LogP contribution in [-0.2, 0) is 0 Å². The van der Waals surface area contributed by atoms with Gasteiger partial charge in [0, 0.05) is 11.1 Å². The lowest BCUT2D eigenvalue weighted by molar-refractivity contribution is 0.102. The Kier molecular flexibility index (Phi) is 5.50. The maximum absolute atomic E-state index is 12.6. The Morgan fingerprint density at radius 1 is 1.12 bits per heavy atom. The van der Waals surface area contributed by atoms with Crippen molar-refractivity contribution in [2.75, 3.05) is 17.7 Å². The van der Waals surface area contributed by atoms with Gasteiger partial charge in [-0.1, -0.05) is 17.7 Å². The van der Waals surface area contributed by atoms with Crippen LogP contribution in [0.5, 0.6) is 5.88 Å². The summed E-state index contributed by atoms with van der Waals surface area (Å²) >= 11 is 7.33. The lowest BCUT2D eigenvalue weighted by Gasteiger charge is -2.12. The van der Waals surface area contributed by atoms with Crippen LogP contribution < -0.4 is 15.4 Å². The van der Waals surface area contributed by atoms with Crippen molar-refractivity contribution in [1.82, 2.24) is 4.98 Å². The number of rotatable bonds is 5. The maximum atomic E-state index is 12.6. The molecular formula is C18H14ClN3O3S. The van der Waals surface area contributed by atoms with Gasteiger partial charge in [-0.25, -0.2) is 4.98 Å². The van der Waals surface area contributed by atoms with Gasteiger partial charge in [-0.15, -0.1) is 11.3 Å². The number of carbonyl (C=O) groups is 2. The molecule has 3 rings (SSSR count). The SMILES string of the molecule is COc1ccc(NC(=O)c2ccc(Cl)cc2NC(=O)c2cccs2)cn1. The number of amides is 2. The second-order valence-electron chi connectivity index (χ2n) is 5.16. The molecule has 0 saturated carbocycles. The van der Waals surface area contributed by atoms with Crippen molar-refractivity contribution in [3.8, 4) is 5.88 Å². The molecule has 0 unspecified atom stereocenters. The van der Waals surface area contributed by atoms with Crippen LogP contribution in [0, 0.1) is 0 Å². The lowest BCUT2D eigenvalue weighted by atomic mass is 10.1. The molecule has 132 valence electrons. The van der Waals surface area contributed by atoms with Crippen molar-refractivity contribution in [2.24, 2.45) is 0 Å². The molecule has 0 radical (unpaired) electrons. The molecule has 2 N–H and O–H groups in total. The van der Waals surface area contributed by atoms with Gasteiger partial charge in [0.1, 0.15) is 0 Å². The van der Waals surface area contributed by atoms with Crippen molar-refractivity contribution >= 4 is 46.1 Å². The molecule has 0 bridgehead atoms. The average Bonchev–Trinajstić information content (AvgIpc) is 3.17. The second-order valence-corrected chi connectivity index (χ2v) is 6.55. The summed E-state index contributed by atoms with van der Waals surface area (Å²) in [7, 11) is 1.51. The number of methoxy groups -OCH3 is 1. The molecule has 6 nitrogen and oxygen atoms in total. The predicted molar refractivity (Wildman–Crippen MR) is 102 cm³/mol. The first-order valence-electron chi connectivity index (χ1n) is 7.52. The van der Waals surface area contributed by atoms with Crippen LogP contribution in [0.25, 0.3) is 0 Å². The fourth-order valence-corrected chi connectivity index (χ4v) is 2.97.